The van der Waals surface area contributed by atoms with Gasteiger partial charge in [0.1, 0.15) is 0 Å². The predicted octanol–water partition coefficient (Wildman–Crippen LogP) is 0.0872. The molecule has 1 aliphatic heterocycles. The van der Waals surface area contributed by atoms with Gasteiger partial charge in [0, 0.05) is 20.6 Å². The number of fused-ring (bicyclic) bond motifs is 1. The standard InChI is InChI=1S/C11H17N3O2S/c1-14(2)13-17(15,16)11-5-3-4-9-8-12-7-6-10(9)11/h3-5,12-13H,6-8H2,1-2H3. The number of benzene rings is 1. The fourth-order valence-corrected chi connectivity index (χ4v) is 3.43. The van der Waals surface area contributed by atoms with Crippen molar-refractivity contribution in [3.05, 3.63) is 29.3 Å². The van der Waals surface area contributed by atoms with E-state index in [0.29, 0.717) is 4.90 Å². The van der Waals surface area contributed by atoms with Crippen LogP contribution in [0.1, 0.15) is 11.1 Å². The van der Waals surface area contributed by atoms with E-state index in [1.807, 2.05) is 6.07 Å². The van der Waals surface area contributed by atoms with Crippen LogP contribution in [0.15, 0.2) is 23.1 Å². The minimum Gasteiger partial charge on any atom is -0.312 e. The van der Waals surface area contributed by atoms with Gasteiger partial charge < -0.3 is 5.32 Å². The van der Waals surface area contributed by atoms with Crippen LogP contribution >= 0.6 is 0 Å². The van der Waals surface area contributed by atoms with Crippen molar-refractivity contribution in [1.29, 1.82) is 0 Å². The summed E-state index contributed by atoms with van der Waals surface area (Å²) in [4.78, 5) is 2.86. The second kappa shape index (κ2) is 4.73. The van der Waals surface area contributed by atoms with Gasteiger partial charge >= 0.3 is 0 Å². The lowest BCUT2D eigenvalue weighted by Crippen LogP contribution is -2.37. The zero-order valence-corrected chi connectivity index (χ0v) is 10.8. The van der Waals surface area contributed by atoms with E-state index in [9.17, 15) is 8.42 Å². The van der Waals surface area contributed by atoms with E-state index >= 15 is 0 Å². The van der Waals surface area contributed by atoms with Crippen molar-refractivity contribution in [2.24, 2.45) is 0 Å². The molecule has 0 saturated carbocycles. The molecule has 6 heteroatoms. The zero-order chi connectivity index (χ0) is 12.5. The Labute approximate surface area is 102 Å². The van der Waals surface area contributed by atoms with Crippen molar-refractivity contribution in [3.8, 4) is 0 Å². The lowest BCUT2D eigenvalue weighted by Gasteiger charge is -2.21. The first-order valence-electron chi connectivity index (χ1n) is 5.52. The van der Waals surface area contributed by atoms with Crippen molar-refractivity contribution in [2.45, 2.75) is 17.9 Å². The molecule has 0 unspecified atom stereocenters. The third kappa shape index (κ3) is 2.66. The molecular weight excluding hydrogens is 238 g/mol. The molecule has 1 aliphatic rings. The molecule has 2 rings (SSSR count). The van der Waals surface area contributed by atoms with Crippen LogP contribution in [-0.4, -0.2) is 34.1 Å². The molecule has 0 bridgehead atoms. The molecule has 0 fully saturated rings. The third-order valence-electron chi connectivity index (χ3n) is 2.69. The molecule has 0 aliphatic carbocycles. The highest BCUT2D eigenvalue weighted by molar-refractivity contribution is 7.89. The van der Waals surface area contributed by atoms with Crippen LogP contribution in [0.25, 0.3) is 0 Å². The summed E-state index contributed by atoms with van der Waals surface area (Å²) >= 11 is 0. The van der Waals surface area contributed by atoms with Gasteiger partial charge in [0.15, 0.2) is 0 Å². The summed E-state index contributed by atoms with van der Waals surface area (Å²) < 4.78 is 24.3. The van der Waals surface area contributed by atoms with Crippen LogP contribution in [0.5, 0.6) is 0 Å². The molecule has 94 valence electrons. The summed E-state index contributed by atoms with van der Waals surface area (Å²) in [5, 5.41) is 4.68. The van der Waals surface area contributed by atoms with Crippen molar-refractivity contribution >= 4 is 10.0 Å². The number of nitrogens with one attached hydrogen (secondary N) is 2. The second-order valence-electron chi connectivity index (χ2n) is 4.31. The first-order chi connectivity index (χ1) is 8.00. The largest absolute Gasteiger partial charge is 0.312 e. The van der Waals surface area contributed by atoms with Crippen LogP contribution in [0, 0.1) is 0 Å². The molecule has 0 radical (unpaired) electrons. The maximum Gasteiger partial charge on any atom is 0.253 e. The fourth-order valence-electron chi connectivity index (χ4n) is 2.04. The van der Waals surface area contributed by atoms with Gasteiger partial charge in [-0.05, 0) is 30.2 Å². The SMILES string of the molecule is CN(C)NS(=O)(=O)c1cccc2c1CCNC2. The summed E-state index contributed by atoms with van der Waals surface area (Å²) in [6.07, 6.45) is 0.750. The maximum atomic E-state index is 12.1. The number of hydrazine groups is 1. The predicted molar refractivity (Wildman–Crippen MR) is 65.9 cm³/mol. The monoisotopic (exact) mass is 255 g/mol. The Bertz CT molecular complexity index is 511. The zero-order valence-electron chi connectivity index (χ0n) is 10.0. The van der Waals surface area contributed by atoms with E-state index in [2.05, 4.69) is 10.1 Å². The van der Waals surface area contributed by atoms with Crippen molar-refractivity contribution in [3.63, 3.8) is 0 Å². The van der Waals surface area contributed by atoms with Crippen molar-refractivity contribution in [1.82, 2.24) is 15.2 Å². The Morgan fingerprint density at radius 2 is 2.12 bits per heavy atom. The average molecular weight is 255 g/mol. The normalized spacial score (nSPS) is 15.9. The minimum atomic E-state index is -3.45. The number of nitrogens with zero attached hydrogens (tertiary/aromatic N) is 1. The molecule has 0 saturated heterocycles. The van der Waals surface area contributed by atoms with Crippen LogP contribution < -0.4 is 10.1 Å². The lowest BCUT2D eigenvalue weighted by molar-refractivity contribution is 0.363. The highest BCUT2D eigenvalue weighted by atomic mass is 32.2. The Kier molecular flexibility index (Phi) is 3.48. The maximum absolute atomic E-state index is 12.1. The quantitative estimate of drug-likeness (QED) is 0.751. The van der Waals surface area contributed by atoms with Gasteiger partial charge in [0.05, 0.1) is 4.90 Å². The molecule has 17 heavy (non-hydrogen) atoms. The molecule has 1 aromatic carbocycles. The molecule has 5 nitrogen and oxygen atoms in total. The summed E-state index contributed by atoms with van der Waals surface area (Å²) in [6.45, 7) is 1.56. The van der Waals surface area contributed by atoms with E-state index in [1.54, 1.807) is 26.2 Å². The second-order valence-corrected chi connectivity index (χ2v) is 5.94. The van der Waals surface area contributed by atoms with E-state index in [4.69, 9.17) is 0 Å². The molecule has 1 aromatic rings. The van der Waals surface area contributed by atoms with Gasteiger partial charge in [-0.25, -0.2) is 13.4 Å². The van der Waals surface area contributed by atoms with E-state index < -0.39 is 10.0 Å². The van der Waals surface area contributed by atoms with Crippen LogP contribution in [0.2, 0.25) is 0 Å². The number of hydrogen-bond donors (Lipinski definition) is 2. The average Bonchev–Trinajstić information content (AvgIpc) is 2.26. The first kappa shape index (κ1) is 12.5. The Balaban J connectivity index is 2.45. The number of hydrogen-bond acceptors (Lipinski definition) is 4. The smallest absolute Gasteiger partial charge is 0.253 e. The molecule has 2 N–H and O–H groups in total. The summed E-state index contributed by atoms with van der Waals surface area (Å²) in [6, 6.07) is 5.42. The Hall–Kier alpha value is -0.950. The topological polar surface area (TPSA) is 61.4 Å². The fraction of sp³-hybridized carbons (Fsp3) is 0.455. The summed E-state index contributed by atoms with van der Waals surface area (Å²) in [5.41, 5.74) is 2.00. The highest BCUT2D eigenvalue weighted by Gasteiger charge is 2.22. The minimum absolute atomic E-state index is 0.394. The van der Waals surface area contributed by atoms with Gasteiger partial charge in [-0.15, -0.1) is 4.83 Å². The van der Waals surface area contributed by atoms with Gasteiger partial charge in [-0.1, -0.05) is 12.1 Å². The highest BCUT2D eigenvalue weighted by Crippen LogP contribution is 2.22. The van der Waals surface area contributed by atoms with Gasteiger partial charge in [-0.3, -0.25) is 0 Å². The van der Waals surface area contributed by atoms with E-state index in [-0.39, 0.29) is 0 Å². The van der Waals surface area contributed by atoms with Gasteiger partial charge in [-0.2, -0.15) is 0 Å². The summed E-state index contributed by atoms with van der Waals surface area (Å²) in [5.74, 6) is 0. The van der Waals surface area contributed by atoms with Gasteiger partial charge in [0.25, 0.3) is 10.0 Å². The molecule has 1 heterocycles. The number of sulfonamides is 1. The summed E-state index contributed by atoms with van der Waals surface area (Å²) in [7, 11) is -0.130. The molecule has 0 aromatic heterocycles. The van der Waals surface area contributed by atoms with Crippen LogP contribution in [0.3, 0.4) is 0 Å². The van der Waals surface area contributed by atoms with Gasteiger partial charge in [0.2, 0.25) is 0 Å². The molecule has 0 atom stereocenters. The Morgan fingerprint density at radius 3 is 2.82 bits per heavy atom. The van der Waals surface area contributed by atoms with E-state index in [0.717, 1.165) is 30.6 Å². The third-order valence-corrected chi connectivity index (χ3v) is 4.26. The molecule has 0 amide bonds. The van der Waals surface area contributed by atoms with Crippen LogP contribution in [0.4, 0.5) is 0 Å². The van der Waals surface area contributed by atoms with Crippen molar-refractivity contribution in [2.75, 3.05) is 20.6 Å². The molecule has 0 spiro atoms. The van der Waals surface area contributed by atoms with E-state index in [1.165, 1.54) is 5.01 Å². The number of rotatable bonds is 3. The van der Waals surface area contributed by atoms with Crippen LogP contribution in [-0.2, 0) is 23.0 Å². The first-order valence-corrected chi connectivity index (χ1v) is 7.00. The Morgan fingerprint density at radius 1 is 1.35 bits per heavy atom. The molecular formula is C11H17N3O2S. The van der Waals surface area contributed by atoms with Crippen molar-refractivity contribution < 1.29 is 8.42 Å². The lowest BCUT2D eigenvalue weighted by atomic mass is 10.0.